The third-order valence-corrected chi connectivity index (χ3v) is 32.9. The zero-order valence-corrected chi connectivity index (χ0v) is 24.7. The van der Waals surface area contributed by atoms with Crippen LogP contribution in [0.5, 0.6) is 0 Å². The van der Waals surface area contributed by atoms with Crippen molar-refractivity contribution in [3.8, 4) is 0 Å². The number of rotatable bonds is 6. The minimum absolute atomic E-state index is 1.15. The maximum absolute atomic E-state index is 2.94. The predicted octanol–water partition coefficient (Wildman–Crippen LogP) is 2.93. The predicted molar refractivity (Wildman–Crippen MR) is 155 cm³/mol. The molecule has 12 heteroatoms. The summed E-state index contributed by atoms with van der Waals surface area (Å²) in [6.07, 6.45) is -4.51. The van der Waals surface area contributed by atoms with Gasteiger partial charge in [0.2, 0.25) is 0 Å². The van der Waals surface area contributed by atoms with Gasteiger partial charge >= 0.3 is 225 Å². The van der Waals surface area contributed by atoms with Gasteiger partial charge in [0.25, 0.3) is 0 Å². The summed E-state index contributed by atoms with van der Waals surface area (Å²) in [5.41, 5.74) is 3.03. The molecule has 0 amide bonds. The molecule has 0 bridgehead atoms. The first kappa shape index (κ1) is 23.2. The summed E-state index contributed by atoms with van der Waals surface area (Å²) in [6, 6.07) is 9.84. The minimum atomic E-state index is -2.25. The Hall–Kier alpha value is 0.460. The Morgan fingerprint density at radius 1 is 0.389 bits per heavy atom. The molecule has 0 radical (unpaired) electrons. The number of nitrogens with zero attached hydrogens (tertiary/aromatic N) is 8. The first-order chi connectivity index (χ1) is 17.7. The van der Waals surface area contributed by atoms with Crippen LogP contribution in [0.2, 0.25) is 0 Å². The van der Waals surface area contributed by atoms with Gasteiger partial charge in [-0.2, -0.15) is 0 Å². The van der Waals surface area contributed by atoms with E-state index in [1.165, 1.54) is 116 Å². The van der Waals surface area contributed by atoms with Crippen molar-refractivity contribution in [2.75, 3.05) is 105 Å². The van der Waals surface area contributed by atoms with E-state index in [2.05, 4.69) is 84.4 Å². The molecule has 0 aliphatic carbocycles. The molecule has 198 valence electrons. The summed E-state index contributed by atoms with van der Waals surface area (Å²) in [6.45, 7) is 20.5. The molecule has 1 aromatic carbocycles. The number of hydrogen-bond acceptors (Lipinski definition) is 10. The molecule has 8 nitrogen and oxygen atoms in total. The summed E-state index contributed by atoms with van der Waals surface area (Å²) < 4.78 is 23.5. The van der Waals surface area contributed by atoms with E-state index >= 15 is 0 Å². The summed E-state index contributed by atoms with van der Waals surface area (Å²) in [5, 5.41) is 0. The second-order valence-corrected chi connectivity index (χ2v) is 26.3. The van der Waals surface area contributed by atoms with Crippen molar-refractivity contribution >= 4 is 35.6 Å². The van der Waals surface area contributed by atoms with Gasteiger partial charge in [-0.25, -0.2) is 0 Å². The van der Waals surface area contributed by atoms with Crippen molar-refractivity contribution in [1.29, 1.82) is 0 Å². The SMILES string of the molecule is c1cc(CSP234N5CCN2CCN3CCN4CC5)ccc1CSP123N4CCN1CCN2CCN3CC4. The van der Waals surface area contributed by atoms with Crippen LogP contribution >= 0.6 is 35.6 Å². The molecule has 8 aliphatic rings. The van der Waals surface area contributed by atoms with E-state index in [-0.39, 0.29) is 0 Å². The van der Waals surface area contributed by atoms with Crippen LogP contribution in [0, 0.1) is 0 Å². The number of benzene rings is 1. The molecular weight excluding hydrogens is 526 g/mol. The molecule has 0 unspecified atom stereocenters. The average molecular weight is 567 g/mol. The number of hydrogen-bond donors (Lipinski definition) is 0. The monoisotopic (exact) mass is 566 g/mol. The fourth-order valence-electron chi connectivity index (χ4n) is 9.45. The second kappa shape index (κ2) is 7.59. The Balaban J connectivity index is 0.954. The Labute approximate surface area is 224 Å². The third kappa shape index (κ3) is 2.34. The van der Waals surface area contributed by atoms with Crippen LogP contribution in [0.3, 0.4) is 0 Å². The Morgan fingerprint density at radius 2 is 0.583 bits per heavy atom. The van der Waals surface area contributed by atoms with Gasteiger partial charge in [-0.05, 0) is 0 Å². The van der Waals surface area contributed by atoms with Crippen LogP contribution in [0.25, 0.3) is 0 Å². The van der Waals surface area contributed by atoms with E-state index in [1.807, 2.05) is 0 Å². The quantitative estimate of drug-likeness (QED) is 0.479. The van der Waals surface area contributed by atoms with E-state index in [0.29, 0.717) is 0 Å². The fraction of sp³-hybridized carbons (Fsp3) is 0.750. The Kier molecular flexibility index (Phi) is 4.89. The average Bonchev–Trinajstić information content (AvgIpc) is 3.69. The summed E-state index contributed by atoms with van der Waals surface area (Å²) >= 11 is 4.66. The van der Waals surface area contributed by atoms with E-state index in [0.717, 1.165) is 11.5 Å². The topological polar surface area (TPSA) is 25.9 Å². The first-order valence-electron chi connectivity index (χ1n) is 14.1. The van der Waals surface area contributed by atoms with Crippen LogP contribution in [0.15, 0.2) is 24.3 Å². The Bertz CT molecular complexity index is 872. The van der Waals surface area contributed by atoms with Gasteiger partial charge in [-0.1, -0.05) is 0 Å². The summed E-state index contributed by atoms with van der Waals surface area (Å²) in [5.74, 6) is 2.29. The molecular formula is C24H40N8P2S2. The van der Waals surface area contributed by atoms with E-state index < -0.39 is 12.8 Å². The van der Waals surface area contributed by atoms with Crippen molar-refractivity contribution in [3.05, 3.63) is 35.4 Å². The van der Waals surface area contributed by atoms with Crippen molar-refractivity contribution in [2.24, 2.45) is 0 Å². The van der Waals surface area contributed by atoms with Crippen molar-refractivity contribution in [2.45, 2.75) is 11.5 Å². The first-order valence-corrected chi connectivity index (χ1v) is 21.4. The van der Waals surface area contributed by atoms with Gasteiger partial charge in [0, 0.05) is 0 Å². The summed E-state index contributed by atoms with van der Waals surface area (Å²) in [4.78, 5) is 0. The third-order valence-electron chi connectivity index (χ3n) is 10.8. The molecule has 0 N–H and O–H groups in total. The molecule has 8 aliphatic heterocycles. The van der Waals surface area contributed by atoms with Crippen LogP contribution < -0.4 is 0 Å². The van der Waals surface area contributed by atoms with Crippen molar-refractivity contribution < 1.29 is 0 Å². The molecule has 1 aromatic rings. The van der Waals surface area contributed by atoms with Crippen LogP contribution in [-0.2, 0) is 11.5 Å². The van der Waals surface area contributed by atoms with Gasteiger partial charge in [-0.15, -0.1) is 0 Å². The van der Waals surface area contributed by atoms with Crippen LogP contribution in [0.1, 0.15) is 11.1 Å². The molecule has 9 rings (SSSR count). The van der Waals surface area contributed by atoms with Crippen LogP contribution in [-0.4, -0.2) is 142 Å². The van der Waals surface area contributed by atoms with Gasteiger partial charge in [0.15, 0.2) is 0 Å². The Morgan fingerprint density at radius 3 is 0.778 bits per heavy atom. The molecule has 0 saturated carbocycles. The van der Waals surface area contributed by atoms with Crippen molar-refractivity contribution in [1.82, 2.24) is 37.4 Å². The molecule has 36 heavy (non-hydrogen) atoms. The molecule has 2 spiro atoms. The molecule has 8 saturated heterocycles. The van der Waals surface area contributed by atoms with Crippen molar-refractivity contribution in [3.63, 3.8) is 0 Å². The van der Waals surface area contributed by atoms with Gasteiger partial charge in [0.05, 0.1) is 0 Å². The van der Waals surface area contributed by atoms with Gasteiger partial charge in [-0.3, -0.25) is 0 Å². The van der Waals surface area contributed by atoms with E-state index in [1.54, 1.807) is 0 Å². The zero-order chi connectivity index (χ0) is 23.6. The summed E-state index contributed by atoms with van der Waals surface area (Å²) in [7, 11) is 0. The second-order valence-electron chi connectivity index (χ2n) is 11.7. The van der Waals surface area contributed by atoms with Gasteiger partial charge in [0.1, 0.15) is 0 Å². The molecule has 0 aromatic heterocycles. The molecule has 0 atom stereocenters. The van der Waals surface area contributed by atoms with E-state index in [9.17, 15) is 0 Å². The van der Waals surface area contributed by atoms with E-state index in [4.69, 9.17) is 0 Å². The normalized spacial score (nSPS) is 37.0. The zero-order valence-electron chi connectivity index (χ0n) is 21.3. The molecule has 8 fully saturated rings. The standard InChI is InChI=1S/C24H40N8P2S2/c1-2-24(22-36-34-29-13-14-30(34)17-18-32(34)20-19-31(34)16-15-29)4-3-23(1)21-35-33-25-5-6-26(33)9-10-28(33)12-11-27(33)8-7-25/h1-4H,5-22H2. The van der Waals surface area contributed by atoms with Crippen LogP contribution in [0.4, 0.5) is 0 Å². The fourth-order valence-corrected chi connectivity index (χ4v) is 33.3. The molecule has 8 heterocycles. The maximum atomic E-state index is 2.94. The van der Waals surface area contributed by atoms with Gasteiger partial charge < -0.3 is 0 Å².